The van der Waals surface area contributed by atoms with E-state index in [1.807, 2.05) is 6.54 Å². The molecule has 0 bridgehead atoms. The first-order valence-corrected chi connectivity index (χ1v) is 2.67. The van der Waals surface area contributed by atoms with Gasteiger partial charge in [0, 0.05) is 13.2 Å². The number of rotatable bonds is 4. The van der Waals surface area contributed by atoms with E-state index in [9.17, 15) is 0 Å². The third-order valence-electron chi connectivity index (χ3n) is 0.695. The minimum Gasteiger partial charge on any atom is -0.318 e. The second-order valence-corrected chi connectivity index (χ2v) is 1.40. The van der Waals surface area contributed by atoms with Gasteiger partial charge < -0.3 is 11.1 Å². The lowest BCUT2D eigenvalue weighted by Gasteiger charge is -1.94. The summed E-state index contributed by atoms with van der Waals surface area (Å²) in [6.45, 7) is 4.68. The van der Waals surface area contributed by atoms with Crippen LogP contribution in [0.2, 0.25) is 0 Å². The Hall–Kier alpha value is -0.0800. The third kappa shape index (κ3) is 5.92. The van der Waals surface area contributed by atoms with Crippen molar-refractivity contribution in [2.75, 3.05) is 6.67 Å². The van der Waals surface area contributed by atoms with Gasteiger partial charge in [0.25, 0.3) is 0 Å². The number of hydrogen-bond donors (Lipinski definition) is 2. The summed E-state index contributed by atoms with van der Waals surface area (Å²) in [5, 5.41) is 2.90. The van der Waals surface area contributed by atoms with E-state index in [-0.39, 0.29) is 0 Å². The fourth-order valence-electron chi connectivity index (χ4n) is 0.330. The van der Waals surface area contributed by atoms with Crippen molar-refractivity contribution in [3.05, 3.63) is 6.54 Å². The van der Waals surface area contributed by atoms with Crippen LogP contribution >= 0.6 is 0 Å². The van der Waals surface area contributed by atoms with Crippen molar-refractivity contribution in [3.8, 4) is 0 Å². The molecule has 2 heteroatoms. The quantitative estimate of drug-likeness (QED) is 0.398. The van der Waals surface area contributed by atoms with Gasteiger partial charge in [-0.3, -0.25) is 0 Å². The first-order chi connectivity index (χ1) is 3.41. The summed E-state index contributed by atoms with van der Waals surface area (Å²) in [6, 6.07) is 0. The highest BCUT2D eigenvalue weighted by Gasteiger charge is 1.78. The summed E-state index contributed by atoms with van der Waals surface area (Å²) < 4.78 is 0. The molecular weight excluding hydrogens is 88.1 g/mol. The average molecular weight is 101 g/mol. The Morgan fingerprint density at radius 3 is 2.86 bits per heavy atom. The van der Waals surface area contributed by atoms with Gasteiger partial charge in [0.2, 0.25) is 0 Å². The topological polar surface area (TPSA) is 38.0 Å². The van der Waals surface area contributed by atoms with Crippen LogP contribution in [0.3, 0.4) is 0 Å². The largest absolute Gasteiger partial charge is 0.318 e. The summed E-state index contributed by atoms with van der Waals surface area (Å²) in [5.74, 6) is 0. The van der Waals surface area contributed by atoms with Gasteiger partial charge in [-0.2, -0.15) is 0 Å². The molecule has 2 nitrogen and oxygen atoms in total. The highest BCUT2D eigenvalue weighted by Crippen LogP contribution is 1.85. The minimum absolute atomic E-state index is 0.556. The van der Waals surface area contributed by atoms with Crippen LogP contribution in [0.5, 0.6) is 0 Å². The maximum Gasteiger partial charge on any atom is 0.0431 e. The number of hydrogen-bond acceptors (Lipinski definition) is 2. The van der Waals surface area contributed by atoms with E-state index in [0.29, 0.717) is 6.67 Å². The van der Waals surface area contributed by atoms with Crippen LogP contribution in [-0.2, 0) is 0 Å². The van der Waals surface area contributed by atoms with E-state index < -0.39 is 0 Å². The van der Waals surface area contributed by atoms with Crippen molar-refractivity contribution in [1.82, 2.24) is 5.32 Å². The van der Waals surface area contributed by atoms with Gasteiger partial charge in [-0.1, -0.05) is 13.3 Å². The van der Waals surface area contributed by atoms with Crippen LogP contribution in [-0.4, -0.2) is 6.67 Å². The SMILES string of the molecule is CCC[CH]NCN. The predicted octanol–water partition coefficient (Wildman–Crippen LogP) is 0.454. The normalized spacial score (nSPS) is 9.43. The first kappa shape index (κ1) is 6.92. The number of unbranched alkanes of at least 4 members (excludes halogenated alkanes) is 1. The molecule has 0 rings (SSSR count). The minimum atomic E-state index is 0.556. The lowest BCUT2D eigenvalue weighted by Crippen LogP contribution is -2.18. The summed E-state index contributed by atoms with van der Waals surface area (Å²) in [4.78, 5) is 0. The molecule has 0 saturated heterocycles. The molecule has 1 radical (unpaired) electrons. The molecular formula is C5H13N2. The molecule has 3 N–H and O–H groups in total. The van der Waals surface area contributed by atoms with E-state index in [1.165, 1.54) is 6.42 Å². The van der Waals surface area contributed by atoms with E-state index in [2.05, 4.69) is 12.2 Å². The van der Waals surface area contributed by atoms with Gasteiger partial charge in [-0.05, 0) is 6.42 Å². The fourth-order valence-corrected chi connectivity index (χ4v) is 0.330. The van der Waals surface area contributed by atoms with Crippen LogP contribution in [0, 0.1) is 6.54 Å². The Morgan fingerprint density at radius 2 is 2.43 bits per heavy atom. The van der Waals surface area contributed by atoms with Gasteiger partial charge in [0.15, 0.2) is 0 Å². The van der Waals surface area contributed by atoms with E-state index >= 15 is 0 Å². The van der Waals surface area contributed by atoms with Gasteiger partial charge in [0.05, 0.1) is 0 Å². The van der Waals surface area contributed by atoms with Crippen molar-refractivity contribution < 1.29 is 0 Å². The lowest BCUT2D eigenvalue weighted by molar-refractivity contribution is 0.739. The molecule has 0 aliphatic rings. The zero-order valence-corrected chi connectivity index (χ0v) is 4.78. The van der Waals surface area contributed by atoms with Crippen molar-refractivity contribution in [1.29, 1.82) is 0 Å². The molecule has 7 heavy (non-hydrogen) atoms. The molecule has 0 aromatic rings. The van der Waals surface area contributed by atoms with Crippen LogP contribution in [0.1, 0.15) is 19.8 Å². The molecule has 0 fully saturated rings. The maximum absolute atomic E-state index is 5.13. The summed E-state index contributed by atoms with van der Waals surface area (Å²) in [7, 11) is 0. The Kier molecular flexibility index (Phi) is 5.85. The van der Waals surface area contributed by atoms with Crippen molar-refractivity contribution >= 4 is 0 Å². The maximum atomic E-state index is 5.13. The molecule has 0 saturated carbocycles. The van der Waals surface area contributed by atoms with Crippen LogP contribution < -0.4 is 11.1 Å². The summed E-state index contributed by atoms with van der Waals surface area (Å²) in [6.07, 6.45) is 2.30. The van der Waals surface area contributed by atoms with Gasteiger partial charge in [-0.25, -0.2) is 0 Å². The van der Waals surface area contributed by atoms with Crippen LogP contribution in [0.15, 0.2) is 0 Å². The van der Waals surface area contributed by atoms with Crippen molar-refractivity contribution in [3.63, 3.8) is 0 Å². The second-order valence-electron chi connectivity index (χ2n) is 1.40. The van der Waals surface area contributed by atoms with E-state index in [1.54, 1.807) is 0 Å². The summed E-state index contributed by atoms with van der Waals surface area (Å²) >= 11 is 0. The molecule has 0 aromatic heterocycles. The van der Waals surface area contributed by atoms with Crippen LogP contribution in [0.4, 0.5) is 0 Å². The third-order valence-corrected chi connectivity index (χ3v) is 0.695. The molecule has 43 valence electrons. The fraction of sp³-hybridized carbons (Fsp3) is 0.800. The molecule has 0 aromatic carbocycles. The molecule has 0 aliphatic heterocycles. The predicted molar refractivity (Wildman–Crippen MR) is 31.4 cm³/mol. The monoisotopic (exact) mass is 101 g/mol. The summed E-state index contributed by atoms with van der Waals surface area (Å²) in [5.41, 5.74) is 5.13. The Bertz CT molecular complexity index is 25.3. The molecule has 0 unspecified atom stereocenters. The second kappa shape index (κ2) is 5.92. The number of nitrogens with one attached hydrogen (secondary N) is 1. The molecule has 0 heterocycles. The van der Waals surface area contributed by atoms with Crippen LogP contribution in [0.25, 0.3) is 0 Å². The smallest absolute Gasteiger partial charge is 0.0431 e. The first-order valence-electron chi connectivity index (χ1n) is 2.67. The number of nitrogens with two attached hydrogens (primary N) is 1. The molecule has 0 spiro atoms. The molecule has 0 amide bonds. The van der Waals surface area contributed by atoms with Gasteiger partial charge in [-0.15, -0.1) is 0 Å². The van der Waals surface area contributed by atoms with Crippen molar-refractivity contribution in [2.45, 2.75) is 19.8 Å². The Morgan fingerprint density at radius 1 is 1.71 bits per heavy atom. The van der Waals surface area contributed by atoms with E-state index in [0.717, 1.165) is 6.42 Å². The van der Waals surface area contributed by atoms with Gasteiger partial charge in [0.1, 0.15) is 0 Å². The van der Waals surface area contributed by atoms with Crippen molar-refractivity contribution in [2.24, 2.45) is 5.73 Å². The highest BCUT2D eigenvalue weighted by molar-refractivity contribution is 4.56. The van der Waals surface area contributed by atoms with E-state index in [4.69, 9.17) is 5.73 Å². The van der Waals surface area contributed by atoms with Gasteiger partial charge >= 0.3 is 0 Å². The average Bonchev–Trinajstić information content (AvgIpc) is 1.69. The standard InChI is InChI=1S/C5H13N2/c1-2-3-4-7-5-6/h4,7H,2-3,5-6H2,1H3. The zero-order valence-electron chi connectivity index (χ0n) is 4.78. The highest BCUT2D eigenvalue weighted by atomic mass is 14.9. The molecule has 0 aliphatic carbocycles. The Labute approximate surface area is 45.1 Å². The zero-order chi connectivity index (χ0) is 5.54. The Balaban J connectivity index is 2.45. The molecule has 0 atom stereocenters. The lowest BCUT2D eigenvalue weighted by atomic mass is 10.3.